The zero-order valence-corrected chi connectivity index (χ0v) is 10.9. The van der Waals surface area contributed by atoms with E-state index in [2.05, 4.69) is 10.6 Å². The summed E-state index contributed by atoms with van der Waals surface area (Å²) >= 11 is 5.95. The Bertz CT molecular complexity index is 442. The molecule has 6 heteroatoms. The Kier molecular flexibility index (Phi) is 4.97. The van der Waals surface area contributed by atoms with Crippen LogP contribution in [0.25, 0.3) is 0 Å². The van der Waals surface area contributed by atoms with Gasteiger partial charge in [0.2, 0.25) is 0 Å². The zero-order chi connectivity index (χ0) is 13.7. The summed E-state index contributed by atoms with van der Waals surface area (Å²) in [5.74, 6) is -1.07. The summed E-state index contributed by atoms with van der Waals surface area (Å²) < 4.78 is 0. The third kappa shape index (κ3) is 3.63. The van der Waals surface area contributed by atoms with Crippen molar-refractivity contribution in [2.24, 2.45) is 0 Å². The second-order valence-electron chi connectivity index (χ2n) is 3.83. The lowest BCUT2D eigenvalue weighted by atomic mass is 10.2. The van der Waals surface area contributed by atoms with E-state index in [1.54, 1.807) is 32.0 Å². The van der Waals surface area contributed by atoms with Gasteiger partial charge in [0.15, 0.2) is 0 Å². The lowest BCUT2D eigenvalue weighted by Crippen LogP contribution is -2.42. The Morgan fingerprint density at radius 3 is 2.61 bits per heavy atom. The van der Waals surface area contributed by atoms with Crippen molar-refractivity contribution in [3.05, 3.63) is 28.8 Å². The second-order valence-corrected chi connectivity index (χ2v) is 4.24. The van der Waals surface area contributed by atoms with Gasteiger partial charge in [-0.15, -0.1) is 0 Å². The van der Waals surface area contributed by atoms with E-state index in [0.717, 1.165) is 5.56 Å². The molecule has 1 aromatic carbocycles. The number of carboxylic acid groups (broad SMARTS) is 1. The fourth-order valence-corrected chi connectivity index (χ4v) is 1.71. The first-order valence-electron chi connectivity index (χ1n) is 5.51. The molecule has 0 aliphatic rings. The van der Waals surface area contributed by atoms with E-state index in [1.807, 2.05) is 0 Å². The molecule has 98 valence electrons. The van der Waals surface area contributed by atoms with Crippen LogP contribution in [-0.4, -0.2) is 23.1 Å². The van der Waals surface area contributed by atoms with Crippen molar-refractivity contribution in [3.8, 4) is 0 Å². The number of carboxylic acids is 1. The molecule has 0 heterocycles. The number of urea groups is 1. The van der Waals surface area contributed by atoms with Crippen molar-refractivity contribution in [1.82, 2.24) is 5.32 Å². The average molecular weight is 271 g/mol. The van der Waals surface area contributed by atoms with E-state index in [4.69, 9.17) is 16.7 Å². The molecule has 5 nitrogen and oxygen atoms in total. The number of carbonyl (C=O) groups is 2. The van der Waals surface area contributed by atoms with E-state index in [1.165, 1.54) is 0 Å². The molecule has 3 N–H and O–H groups in total. The Morgan fingerprint density at radius 2 is 2.11 bits per heavy atom. The highest BCUT2D eigenvalue weighted by molar-refractivity contribution is 6.33. The highest BCUT2D eigenvalue weighted by Gasteiger charge is 2.18. The summed E-state index contributed by atoms with van der Waals surface area (Å²) in [6, 6.07) is 3.73. The molecule has 0 fully saturated rings. The number of aryl methyl sites for hydroxylation is 1. The molecule has 1 rings (SSSR count). The van der Waals surface area contributed by atoms with Crippen molar-refractivity contribution in [1.29, 1.82) is 0 Å². The Labute approximate surface area is 110 Å². The third-order valence-corrected chi connectivity index (χ3v) is 2.79. The lowest BCUT2D eigenvalue weighted by molar-refractivity contribution is -0.139. The van der Waals surface area contributed by atoms with Gasteiger partial charge in [-0.05, 0) is 25.0 Å². The number of carbonyl (C=O) groups excluding carboxylic acids is 1. The standard InChI is InChI=1S/C12H15ClN2O3/c1-3-9(11(16)17)14-12(18)15-10-7(2)5-4-6-8(10)13/h4-6,9H,3H2,1-2H3,(H,16,17)(H2,14,15,18)/t9-/m0/s1. The topological polar surface area (TPSA) is 78.4 Å². The number of aliphatic carboxylic acids is 1. The summed E-state index contributed by atoms with van der Waals surface area (Å²) in [6.45, 7) is 3.48. The van der Waals surface area contributed by atoms with Gasteiger partial charge in [-0.2, -0.15) is 0 Å². The summed E-state index contributed by atoms with van der Waals surface area (Å²) in [6.07, 6.45) is 0.310. The van der Waals surface area contributed by atoms with E-state index < -0.39 is 18.0 Å². The number of rotatable bonds is 4. The van der Waals surface area contributed by atoms with Crippen LogP contribution < -0.4 is 10.6 Å². The molecule has 1 aromatic rings. The van der Waals surface area contributed by atoms with Gasteiger partial charge in [-0.1, -0.05) is 30.7 Å². The monoisotopic (exact) mass is 270 g/mol. The number of benzene rings is 1. The number of halogens is 1. The van der Waals surface area contributed by atoms with Crippen molar-refractivity contribution in [3.63, 3.8) is 0 Å². The van der Waals surface area contributed by atoms with Crippen molar-refractivity contribution in [2.45, 2.75) is 26.3 Å². The van der Waals surface area contributed by atoms with Crippen molar-refractivity contribution >= 4 is 29.3 Å². The van der Waals surface area contributed by atoms with Gasteiger partial charge in [-0.25, -0.2) is 9.59 Å². The van der Waals surface area contributed by atoms with Gasteiger partial charge in [0.25, 0.3) is 0 Å². The van der Waals surface area contributed by atoms with Gasteiger partial charge in [0.05, 0.1) is 10.7 Å². The number of amides is 2. The normalized spacial score (nSPS) is 11.7. The molecule has 0 bridgehead atoms. The first kappa shape index (κ1) is 14.3. The molecule has 0 saturated carbocycles. The summed E-state index contributed by atoms with van der Waals surface area (Å²) in [4.78, 5) is 22.4. The fourth-order valence-electron chi connectivity index (χ4n) is 1.44. The molecular formula is C12H15ClN2O3. The molecule has 0 aliphatic heterocycles. The van der Waals surface area contributed by atoms with Gasteiger partial charge >= 0.3 is 12.0 Å². The van der Waals surface area contributed by atoms with Crippen LogP contribution in [0.1, 0.15) is 18.9 Å². The molecule has 2 amide bonds. The van der Waals surface area contributed by atoms with Gasteiger partial charge in [0, 0.05) is 0 Å². The molecule has 1 atom stereocenters. The Balaban J connectivity index is 2.73. The predicted octanol–water partition coefficient (Wildman–Crippen LogP) is 2.63. The molecule has 0 saturated heterocycles. The largest absolute Gasteiger partial charge is 0.480 e. The van der Waals surface area contributed by atoms with Gasteiger partial charge in [0.1, 0.15) is 6.04 Å². The predicted molar refractivity (Wildman–Crippen MR) is 70.1 cm³/mol. The van der Waals surface area contributed by atoms with E-state index in [0.29, 0.717) is 17.1 Å². The van der Waals surface area contributed by atoms with Crippen LogP contribution in [0.3, 0.4) is 0 Å². The SMILES string of the molecule is CC[C@H](NC(=O)Nc1c(C)cccc1Cl)C(=O)O. The molecular weight excluding hydrogens is 256 g/mol. The van der Waals surface area contributed by atoms with Crippen molar-refractivity contribution < 1.29 is 14.7 Å². The van der Waals surface area contributed by atoms with Crippen LogP contribution in [0, 0.1) is 6.92 Å². The Hall–Kier alpha value is -1.75. The third-order valence-electron chi connectivity index (χ3n) is 2.47. The van der Waals surface area contributed by atoms with E-state index >= 15 is 0 Å². The lowest BCUT2D eigenvalue weighted by Gasteiger charge is -2.15. The minimum Gasteiger partial charge on any atom is -0.480 e. The van der Waals surface area contributed by atoms with Crippen LogP contribution in [0.5, 0.6) is 0 Å². The quantitative estimate of drug-likeness (QED) is 0.787. The molecule has 0 unspecified atom stereocenters. The highest BCUT2D eigenvalue weighted by Crippen LogP contribution is 2.24. The van der Waals surface area contributed by atoms with Crippen LogP contribution in [0.4, 0.5) is 10.5 Å². The van der Waals surface area contributed by atoms with Crippen LogP contribution in [0.15, 0.2) is 18.2 Å². The minimum absolute atomic E-state index is 0.310. The van der Waals surface area contributed by atoms with Crippen LogP contribution >= 0.6 is 11.6 Å². The Morgan fingerprint density at radius 1 is 1.44 bits per heavy atom. The summed E-state index contributed by atoms with van der Waals surface area (Å²) in [5, 5.41) is 14.2. The number of nitrogens with one attached hydrogen (secondary N) is 2. The van der Waals surface area contributed by atoms with Crippen LogP contribution in [-0.2, 0) is 4.79 Å². The van der Waals surface area contributed by atoms with E-state index in [-0.39, 0.29) is 0 Å². The molecule has 0 aromatic heterocycles. The maximum atomic E-state index is 11.6. The van der Waals surface area contributed by atoms with Gasteiger partial charge < -0.3 is 15.7 Å². The maximum absolute atomic E-state index is 11.6. The number of anilines is 1. The van der Waals surface area contributed by atoms with Crippen LogP contribution in [0.2, 0.25) is 5.02 Å². The molecule has 0 aliphatic carbocycles. The first-order valence-corrected chi connectivity index (χ1v) is 5.89. The smallest absolute Gasteiger partial charge is 0.326 e. The number of para-hydroxylation sites is 1. The summed E-state index contributed by atoms with van der Waals surface area (Å²) in [5.41, 5.74) is 1.29. The zero-order valence-electron chi connectivity index (χ0n) is 10.2. The molecule has 0 spiro atoms. The van der Waals surface area contributed by atoms with Crippen molar-refractivity contribution in [2.75, 3.05) is 5.32 Å². The number of hydrogen-bond acceptors (Lipinski definition) is 2. The molecule has 18 heavy (non-hydrogen) atoms. The average Bonchev–Trinajstić information content (AvgIpc) is 2.30. The number of hydrogen-bond donors (Lipinski definition) is 3. The fraction of sp³-hybridized carbons (Fsp3) is 0.333. The second kappa shape index (κ2) is 6.26. The van der Waals surface area contributed by atoms with E-state index in [9.17, 15) is 9.59 Å². The maximum Gasteiger partial charge on any atom is 0.326 e. The summed E-state index contributed by atoms with van der Waals surface area (Å²) in [7, 11) is 0. The highest BCUT2D eigenvalue weighted by atomic mass is 35.5. The molecule has 0 radical (unpaired) electrons. The first-order chi connectivity index (χ1) is 8.45. The van der Waals surface area contributed by atoms with Gasteiger partial charge in [-0.3, -0.25) is 0 Å². The minimum atomic E-state index is -1.07.